The number of rotatable bonds is 7. The van der Waals surface area contributed by atoms with Gasteiger partial charge in [-0.3, -0.25) is 0 Å². The molecule has 0 saturated heterocycles. The van der Waals surface area contributed by atoms with Gasteiger partial charge in [0.2, 0.25) is 0 Å². The van der Waals surface area contributed by atoms with Gasteiger partial charge in [0.15, 0.2) is 0 Å². The Kier molecular flexibility index (Phi) is 7.58. The number of allylic oxidation sites excluding steroid dienone is 1. The Morgan fingerprint density at radius 2 is 1.46 bits per heavy atom. The molecule has 2 fully saturated rings. The van der Waals surface area contributed by atoms with Crippen molar-refractivity contribution in [1.29, 1.82) is 0 Å². The molecule has 0 aliphatic heterocycles. The Morgan fingerprint density at radius 1 is 0.885 bits per heavy atom. The second kappa shape index (κ2) is 10.1. The topological polar surface area (TPSA) is 9.23 Å². The van der Waals surface area contributed by atoms with Gasteiger partial charge in [-0.2, -0.15) is 0 Å². The van der Waals surface area contributed by atoms with E-state index < -0.39 is 0 Å². The zero-order valence-electron chi connectivity index (χ0n) is 16.3. The van der Waals surface area contributed by atoms with Crippen molar-refractivity contribution < 1.29 is 9.13 Å². The Bertz CT molecular complexity index is 534. The fourth-order valence-corrected chi connectivity index (χ4v) is 5.03. The molecule has 0 spiro atoms. The van der Waals surface area contributed by atoms with Gasteiger partial charge in [0, 0.05) is 0 Å². The van der Waals surface area contributed by atoms with Gasteiger partial charge < -0.3 is 4.74 Å². The highest BCUT2D eigenvalue weighted by atomic mass is 19.1. The Morgan fingerprint density at radius 3 is 2.00 bits per heavy atom. The van der Waals surface area contributed by atoms with E-state index in [9.17, 15) is 4.39 Å². The first-order chi connectivity index (χ1) is 12.8. The van der Waals surface area contributed by atoms with Crippen LogP contribution < -0.4 is 4.74 Å². The minimum absolute atomic E-state index is 0.501. The van der Waals surface area contributed by atoms with Crippen molar-refractivity contribution in [2.24, 2.45) is 17.8 Å². The smallest absolute Gasteiger partial charge is 0.119 e. The lowest BCUT2D eigenvalue weighted by molar-refractivity contribution is 0.245. The molecule has 0 bridgehead atoms. The molecule has 2 heteroatoms. The SMILES string of the molecule is CCOc1ccc(C2CCC(CCC3CCC(/C=C/F)CC3)CC2)cc1. The van der Waals surface area contributed by atoms with Crippen LogP contribution in [0, 0.1) is 17.8 Å². The van der Waals surface area contributed by atoms with Gasteiger partial charge in [0.1, 0.15) is 5.75 Å². The number of benzene rings is 1. The second-order valence-corrected chi connectivity index (χ2v) is 8.40. The van der Waals surface area contributed by atoms with Gasteiger partial charge >= 0.3 is 0 Å². The quantitative estimate of drug-likeness (QED) is 0.492. The van der Waals surface area contributed by atoms with E-state index in [1.54, 1.807) is 6.08 Å². The average molecular weight is 359 g/mol. The molecule has 0 atom stereocenters. The Labute approximate surface area is 159 Å². The molecule has 0 radical (unpaired) electrons. The summed E-state index contributed by atoms with van der Waals surface area (Å²) in [6, 6.07) is 8.78. The molecular formula is C24H35FO. The van der Waals surface area contributed by atoms with E-state index >= 15 is 0 Å². The number of hydrogen-bond acceptors (Lipinski definition) is 1. The van der Waals surface area contributed by atoms with E-state index in [-0.39, 0.29) is 0 Å². The van der Waals surface area contributed by atoms with E-state index in [0.717, 1.165) is 36.4 Å². The zero-order valence-corrected chi connectivity index (χ0v) is 16.3. The maximum absolute atomic E-state index is 12.3. The molecule has 0 aromatic heterocycles. The molecule has 1 aromatic rings. The molecule has 2 aliphatic carbocycles. The molecule has 0 N–H and O–H groups in total. The van der Waals surface area contributed by atoms with Crippen LogP contribution in [0.1, 0.15) is 82.6 Å². The van der Waals surface area contributed by atoms with E-state index in [0.29, 0.717) is 5.92 Å². The summed E-state index contributed by atoms with van der Waals surface area (Å²) in [5.74, 6) is 4.05. The van der Waals surface area contributed by atoms with Crippen molar-refractivity contribution in [1.82, 2.24) is 0 Å². The molecule has 1 nitrogen and oxygen atoms in total. The van der Waals surface area contributed by atoms with Crippen molar-refractivity contribution in [2.45, 2.75) is 77.0 Å². The lowest BCUT2D eigenvalue weighted by Crippen LogP contribution is -2.17. The summed E-state index contributed by atoms with van der Waals surface area (Å²) in [6.45, 7) is 2.76. The molecule has 0 heterocycles. The number of hydrogen-bond donors (Lipinski definition) is 0. The minimum Gasteiger partial charge on any atom is -0.494 e. The van der Waals surface area contributed by atoms with Gasteiger partial charge in [-0.05, 0) is 99.7 Å². The van der Waals surface area contributed by atoms with E-state index in [1.807, 2.05) is 6.92 Å². The highest BCUT2D eigenvalue weighted by Crippen LogP contribution is 2.40. The maximum Gasteiger partial charge on any atom is 0.119 e. The van der Waals surface area contributed by atoms with Crippen molar-refractivity contribution in [3.63, 3.8) is 0 Å². The summed E-state index contributed by atoms with van der Waals surface area (Å²) in [5.41, 5.74) is 1.49. The van der Waals surface area contributed by atoms with Crippen LogP contribution in [0.4, 0.5) is 4.39 Å². The van der Waals surface area contributed by atoms with Crippen molar-refractivity contribution in [3.8, 4) is 5.75 Å². The third-order valence-electron chi connectivity index (χ3n) is 6.73. The molecule has 2 saturated carbocycles. The summed E-state index contributed by atoms with van der Waals surface area (Å²) in [4.78, 5) is 0. The fraction of sp³-hybridized carbons (Fsp3) is 0.667. The van der Waals surface area contributed by atoms with Crippen LogP contribution in [0.15, 0.2) is 36.7 Å². The summed E-state index contributed by atoms with van der Waals surface area (Å²) in [6.07, 6.45) is 15.7. The highest BCUT2D eigenvalue weighted by Gasteiger charge is 2.24. The summed E-state index contributed by atoms with van der Waals surface area (Å²) >= 11 is 0. The summed E-state index contributed by atoms with van der Waals surface area (Å²) in [5, 5.41) is 0. The van der Waals surface area contributed by atoms with Crippen LogP contribution in [-0.4, -0.2) is 6.61 Å². The van der Waals surface area contributed by atoms with Gasteiger partial charge in [-0.15, -0.1) is 0 Å². The Balaban J connectivity index is 1.36. The predicted octanol–water partition coefficient (Wildman–Crippen LogP) is 7.43. The fourth-order valence-electron chi connectivity index (χ4n) is 5.03. The molecule has 0 amide bonds. The molecule has 3 rings (SSSR count). The van der Waals surface area contributed by atoms with Crippen molar-refractivity contribution in [3.05, 3.63) is 42.2 Å². The van der Waals surface area contributed by atoms with Crippen LogP contribution in [0.5, 0.6) is 5.75 Å². The van der Waals surface area contributed by atoms with Gasteiger partial charge in [0.05, 0.1) is 12.9 Å². The monoisotopic (exact) mass is 358 g/mol. The van der Waals surface area contributed by atoms with Crippen LogP contribution in [0.25, 0.3) is 0 Å². The zero-order chi connectivity index (χ0) is 18.2. The third kappa shape index (κ3) is 5.59. The van der Waals surface area contributed by atoms with Gasteiger partial charge in [0.25, 0.3) is 0 Å². The van der Waals surface area contributed by atoms with E-state index in [1.165, 1.54) is 69.8 Å². The highest BCUT2D eigenvalue weighted by molar-refractivity contribution is 5.29. The minimum atomic E-state index is 0.501. The standard InChI is InChI=1S/C24H35FO/c1-2-26-24-15-13-23(14-16-24)22-11-9-20(10-12-22)4-3-19-5-7-21(8-6-19)17-18-25/h13-22H,2-12H2,1H3/b18-17+. The third-order valence-corrected chi connectivity index (χ3v) is 6.73. The number of halogens is 1. The summed E-state index contributed by atoms with van der Waals surface area (Å²) in [7, 11) is 0. The first-order valence-electron chi connectivity index (χ1n) is 10.8. The first kappa shape index (κ1) is 19.5. The van der Waals surface area contributed by atoms with E-state index in [4.69, 9.17) is 4.74 Å². The predicted molar refractivity (Wildman–Crippen MR) is 107 cm³/mol. The van der Waals surface area contributed by atoms with Crippen LogP contribution in [-0.2, 0) is 0 Å². The molecule has 0 unspecified atom stereocenters. The molecule has 144 valence electrons. The average Bonchev–Trinajstić information content (AvgIpc) is 2.69. The van der Waals surface area contributed by atoms with Crippen LogP contribution in [0.3, 0.4) is 0 Å². The second-order valence-electron chi connectivity index (χ2n) is 8.40. The molecule has 1 aromatic carbocycles. The lowest BCUT2D eigenvalue weighted by atomic mass is 9.74. The van der Waals surface area contributed by atoms with Crippen molar-refractivity contribution in [2.75, 3.05) is 6.61 Å². The molecule has 2 aliphatic rings. The normalized spacial score (nSPS) is 29.8. The maximum atomic E-state index is 12.3. The lowest BCUT2D eigenvalue weighted by Gasteiger charge is -2.31. The molecular weight excluding hydrogens is 323 g/mol. The van der Waals surface area contributed by atoms with Crippen molar-refractivity contribution >= 4 is 0 Å². The van der Waals surface area contributed by atoms with E-state index in [2.05, 4.69) is 24.3 Å². The number of ether oxygens (including phenoxy) is 1. The van der Waals surface area contributed by atoms with Gasteiger partial charge in [-0.25, -0.2) is 4.39 Å². The van der Waals surface area contributed by atoms with Gasteiger partial charge in [-0.1, -0.05) is 31.1 Å². The largest absolute Gasteiger partial charge is 0.494 e. The van der Waals surface area contributed by atoms with Crippen LogP contribution >= 0.6 is 0 Å². The first-order valence-corrected chi connectivity index (χ1v) is 10.8. The molecule has 26 heavy (non-hydrogen) atoms. The van der Waals surface area contributed by atoms with Crippen LogP contribution in [0.2, 0.25) is 0 Å². The Hall–Kier alpha value is -1.31. The summed E-state index contributed by atoms with van der Waals surface area (Å²) < 4.78 is 17.8.